The first-order chi connectivity index (χ1) is 14.3. The van der Waals surface area contributed by atoms with Crippen molar-refractivity contribution < 1.29 is 4.79 Å². The van der Waals surface area contributed by atoms with Crippen molar-refractivity contribution in [2.45, 2.75) is 31.6 Å². The average molecular weight is 443 g/mol. The molecule has 0 saturated carbocycles. The number of nitrogens with one attached hydrogen (secondary N) is 1. The van der Waals surface area contributed by atoms with Crippen LogP contribution in [0.3, 0.4) is 0 Å². The highest BCUT2D eigenvalue weighted by Gasteiger charge is 2.43. The summed E-state index contributed by atoms with van der Waals surface area (Å²) < 4.78 is 1.73. The van der Waals surface area contributed by atoms with E-state index in [1.165, 1.54) is 23.4 Å². The first-order valence-electron chi connectivity index (χ1n) is 9.21. The van der Waals surface area contributed by atoms with Crippen LogP contribution >= 0.6 is 23.2 Å². The number of amides is 1. The van der Waals surface area contributed by atoms with Gasteiger partial charge in [-0.3, -0.25) is 4.79 Å². The minimum atomic E-state index is -0.388. The minimum absolute atomic E-state index is 0.163. The standard InChI is InChI=1S/C19H16Cl2N8O/c1-19(2)7-11(12-9-22-15-6-14(21)27-28(15)16(12)19)18(30)26-10-5-13(20)17(23-8-10)29-24-3-4-25-29/h3-6,8-9,11H,7H2,1-2H3,(H,26,30)/t11-/m0/s1. The highest BCUT2D eigenvalue weighted by Crippen LogP contribution is 2.46. The van der Waals surface area contributed by atoms with Gasteiger partial charge in [-0.1, -0.05) is 37.0 Å². The second-order valence-electron chi connectivity index (χ2n) is 7.78. The maximum absolute atomic E-state index is 13.1. The number of pyridine rings is 1. The molecule has 1 amide bonds. The van der Waals surface area contributed by atoms with Gasteiger partial charge in [0, 0.05) is 23.2 Å². The Balaban J connectivity index is 1.46. The highest BCUT2D eigenvalue weighted by atomic mass is 35.5. The molecule has 1 aliphatic carbocycles. The third kappa shape index (κ3) is 3.01. The zero-order chi connectivity index (χ0) is 21.0. The summed E-state index contributed by atoms with van der Waals surface area (Å²) in [5.41, 5.74) is 2.64. The predicted octanol–water partition coefficient (Wildman–Crippen LogP) is 3.42. The Morgan fingerprint density at radius 3 is 2.67 bits per heavy atom. The molecule has 0 radical (unpaired) electrons. The second kappa shape index (κ2) is 6.75. The molecular formula is C19H16Cl2N8O. The molecule has 0 aliphatic heterocycles. The van der Waals surface area contributed by atoms with E-state index in [0.29, 0.717) is 33.7 Å². The minimum Gasteiger partial charge on any atom is -0.324 e. The van der Waals surface area contributed by atoms with Crippen molar-refractivity contribution in [3.63, 3.8) is 0 Å². The summed E-state index contributed by atoms with van der Waals surface area (Å²) in [6.45, 7) is 4.16. The van der Waals surface area contributed by atoms with Gasteiger partial charge in [-0.05, 0) is 12.5 Å². The Labute approximate surface area is 181 Å². The van der Waals surface area contributed by atoms with Crippen LogP contribution in [0.2, 0.25) is 10.2 Å². The Kier molecular flexibility index (Phi) is 4.26. The number of hydrogen-bond donors (Lipinski definition) is 1. The predicted molar refractivity (Wildman–Crippen MR) is 111 cm³/mol. The fourth-order valence-electron chi connectivity index (χ4n) is 4.00. The van der Waals surface area contributed by atoms with Gasteiger partial charge in [0.2, 0.25) is 5.91 Å². The summed E-state index contributed by atoms with van der Waals surface area (Å²) in [6, 6.07) is 3.33. The van der Waals surface area contributed by atoms with Crippen molar-refractivity contribution in [1.29, 1.82) is 0 Å². The smallest absolute Gasteiger partial charge is 0.232 e. The fourth-order valence-corrected chi connectivity index (χ4v) is 4.42. The number of hydrogen-bond acceptors (Lipinski definition) is 6. The molecule has 4 aromatic rings. The molecule has 0 unspecified atom stereocenters. The summed E-state index contributed by atoms with van der Waals surface area (Å²) in [5.74, 6) is -0.167. The van der Waals surface area contributed by atoms with E-state index in [1.54, 1.807) is 22.8 Å². The van der Waals surface area contributed by atoms with Crippen molar-refractivity contribution in [2.24, 2.45) is 0 Å². The zero-order valence-electron chi connectivity index (χ0n) is 16.0. The number of nitrogens with zero attached hydrogens (tertiary/aromatic N) is 7. The Bertz CT molecular complexity index is 1280. The molecular weight excluding hydrogens is 427 g/mol. The van der Waals surface area contributed by atoms with Crippen LogP contribution in [0.4, 0.5) is 5.69 Å². The van der Waals surface area contributed by atoms with E-state index in [9.17, 15) is 4.79 Å². The molecule has 30 heavy (non-hydrogen) atoms. The van der Waals surface area contributed by atoms with Crippen molar-refractivity contribution in [1.82, 2.24) is 34.6 Å². The van der Waals surface area contributed by atoms with Crippen molar-refractivity contribution >= 4 is 40.4 Å². The van der Waals surface area contributed by atoms with E-state index in [0.717, 1.165) is 11.3 Å². The van der Waals surface area contributed by atoms with Gasteiger partial charge in [-0.15, -0.1) is 4.80 Å². The van der Waals surface area contributed by atoms with E-state index in [2.05, 4.69) is 44.4 Å². The maximum Gasteiger partial charge on any atom is 0.232 e. The topological polar surface area (TPSA) is 103 Å². The summed E-state index contributed by atoms with van der Waals surface area (Å²) in [4.78, 5) is 23.1. The lowest BCUT2D eigenvalue weighted by Crippen LogP contribution is -2.21. The highest BCUT2D eigenvalue weighted by molar-refractivity contribution is 6.32. The van der Waals surface area contributed by atoms with Gasteiger partial charge < -0.3 is 5.32 Å². The van der Waals surface area contributed by atoms with Gasteiger partial charge in [0.25, 0.3) is 0 Å². The number of rotatable bonds is 3. The van der Waals surface area contributed by atoms with Crippen molar-refractivity contribution in [3.8, 4) is 5.82 Å². The summed E-state index contributed by atoms with van der Waals surface area (Å²) in [6.07, 6.45) is 6.94. The van der Waals surface area contributed by atoms with Crippen molar-refractivity contribution in [3.05, 3.63) is 58.4 Å². The van der Waals surface area contributed by atoms with Crippen molar-refractivity contribution in [2.75, 3.05) is 5.32 Å². The van der Waals surface area contributed by atoms with Gasteiger partial charge in [0.15, 0.2) is 16.6 Å². The summed E-state index contributed by atoms with van der Waals surface area (Å²) in [7, 11) is 0. The average Bonchev–Trinajstić information content (AvgIpc) is 3.39. The molecule has 0 aromatic carbocycles. The molecule has 1 N–H and O–H groups in total. The van der Waals surface area contributed by atoms with Crippen LogP contribution in [0.5, 0.6) is 0 Å². The molecule has 5 rings (SSSR count). The monoisotopic (exact) mass is 442 g/mol. The number of anilines is 1. The van der Waals surface area contributed by atoms with Gasteiger partial charge in [-0.25, -0.2) is 14.5 Å². The van der Waals surface area contributed by atoms with Crippen LogP contribution in [0, 0.1) is 0 Å². The first kappa shape index (κ1) is 19.0. The quantitative estimate of drug-likeness (QED) is 0.521. The summed E-state index contributed by atoms with van der Waals surface area (Å²) in [5, 5.41) is 16.0. The third-order valence-electron chi connectivity index (χ3n) is 5.23. The Hall–Kier alpha value is -3.04. The van der Waals surface area contributed by atoms with E-state index in [1.807, 2.05) is 0 Å². The molecule has 0 fully saturated rings. The van der Waals surface area contributed by atoms with E-state index >= 15 is 0 Å². The number of aromatic nitrogens is 7. The third-order valence-corrected chi connectivity index (χ3v) is 5.69. The van der Waals surface area contributed by atoms with Gasteiger partial charge in [-0.2, -0.15) is 15.3 Å². The normalized spacial score (nSPS) is 17.3. The van der Waals surface area contributed by atoms with Crippen LogP contribution in [0.15, 0.2) is 36.9 Å². The fraction of sp³-hybridized carbons (Fsp3) is 0.263. The molecule has 152 valence electrons. The van der Waals surface area contributed by atoms with E-state index in [4.69, 9.17) is 23.2 Å². The van der Waals surface area contributed by atoms with Crippen LogP contribution < -0.4 is 5.32 Å². The lowest BCUT2D eigenvalue weighted by molar-refractivity contribution is -0.117. The molecule has 9 nitrogen and oxygen atoms in total. The van der Waals surface area contributed by atoms with Gasteiger partial charge in [0.1, 0.15) is 0 Å². The maximum atomic E-state index is 13.1. The SMILES string of the molecule is CC1(C)C[C@H](C(=O)Nc2cnc(-n3nccn3)c(Cl)c2)c2cnc3cc(Cl)nn3c21. The molecule has 1 aliphatic rings. The molecule has 4 heterocycles. The first-order valence-corrected chi connectivity index (χ1v) is 9.97. The van der Waals surface area contributed by atoms with Gasteiger partial charge in [0.05, 0.1) is 40.9 Å². The number of carbonyl (C=O) groups is 1. The lowest BCUT2D eigenvalue weighted by atomic mass is 9.88. The van der Waals surface area contributed by atoms with Crippen LogP contribution in [-0.2, 0) is 10.2 Å². The van der Waals surface area contributed by atoms with Crippen LogP contribution in [-0.4, -0.2) is 40.5 Å². The number of fused-ring (bicyclic) bond motifs is 3. The van der Waals surface area contributed by atoms with E-state index < -0.39 is 0 Å². The Morgan fingerprint density at radius 2 is 1.93 bits per heavy atom. The molecule has 4 aromatic heterocycles. The molecule has 0 saturated heterocycles. The number of halogens is 2. The second-order valence-corrected chi connectivity index (χ2v) is 8.57. The van der Waals surface area contributed by atoms with Crippen LogP contribution in [0.1, 0.15) is 37.4 Å². The largest absolute Gasteiger partial charge is 0.324 e. The summed E-state index contributed by atoms with van der Waals surface area (Å²) >= 11 is 12.4. The van der Waals surface area contributed by atoms with E-state index in [-0.39, 0.29) is 17.2 Å². The number of carbonyl (C=O) groups excluding carboxylic acids is 1. The molecule has 11 heteroatoms. The molecule has 0 bridgehead atoms. The molecule has 0 spiro atoms. The van der Waals surface area contributed by atoms with Gasteiger partial charge >= 0.3 is 0 Å². The molecule has 1 atom stereocenters. The Morgan fingerprint density at radius 1 is 1.17 bits per heavy atom. The van der Waals surface area contributed by atoms with Crippen LogP contribution in [0.25, 0.3) is 11.5 Å². The zero-order valence-corrected chi connectivity index (χ0v) is 17.6. The lowest BCUT2D eigenvalue weighted by Gasteiger charge is -2.19.